The first kappa shape index (κ1) is 18.5. The van der Waals surface area contributed by atoms with Gasteiger partial charge < -0.3 is 15.3 Å². The van der Waals surface area contributed by atoms with Gasteiger partial charge in [-0.05, 0) is 49.8 Å². The summed E-state index contributed by atoms with van der Waals surface area (Å²) in [4.78, 5) is 16.0. The van der Waals surface area contributed by atoms with E-state index in [1.807, 2.05) is 19.1 Å². The van der Waals surface area contributed by atoms with Crippen molar-refractivity contribution in [2.75, 3.05) is 7.11 Å². The first-order valence-electron chi connectivity index (χ1n) is 7.48. The zero-order valence-electron chi connectivity index (χ0n) is 14.1. The van der Waals surface area contributed by atoms with Crippen LogP contribution in [0.1, 0.15) is 13.8 Å². The second-order valence-corrected chi connectivity index (χ2v) is 5.67. The molecule has 0 saturated heterocycles. The number of rotatable bonds is 7. The molecule has 2 N–H and O–H groups in total. The fraction of sp³-hybridized carbons (Fsp3) is 0.235. The van der Waals surface area contributed by atoms with Crippen LogP contribution in [-0.4, -0.2) is 34.6 Å². The Morgan fingerprint density at radius 2 is 2.04 bits per heavy atom. The molecule has 25 heavy (non-hydrogen) atoms. The molecule has 0 fully saturated rings. The Morgan fingerprint density at radius 3 is 2.64 bits per heavy atom. The van der Waals surface area contributed by atoms with E-state index in [0.29, 0.717) is 16.5 Å². The second-order valence-electron chi connectivity index (χ2n) is 5.23. The number of nitrogens with zero attached hydrogens (tertiary/aromatic N) is 3. The fourth-order valence-electron chi connectivity index (χ4n) is 2.17. The van der Waals surface area contributed by atoms with Gasteiger partial charge in [0, 0.05) is 17.3 Å². The summed E-state index contributed by atoms with van der Waals surface area (Å²) in [6.07, 6.45) is 3.14. The normalized spacial score (nSPS) is 13.4. The number of primary amides is 1. The molecular formula is C17H19ClN4O3. The van der Waals surface area contributed by atoms with Crippen LogP contribution in [0.4, 0.5) is 0 Å². The van der Waals surface area contributed by atoms with Crippen molar-refractivity contribution in [3.63, 3.8) is 0 Å². The number of hydrogen-bond acceptors (Lipinski definition) is 5. The zero-order chi connectivity index (χ0) is 18.4. The third kappa shape index (κ3) is 5.09. The Bertz CT molecular complexity index is 796. The van der Waals surface area contributed by atoms with Crippen molar-refractivity contribution in [1.29, 1.82) is 0 Å². The molecule has 0 aliphatic carbocycles. The van der Waals surface area contributed by atoms with Crippen LogP contribution in [0, 0.1) is 0 Å². The molecule has 7 nitrogen and oxygen atoms in total. The topological polar surface area (TPSA) is 91.7 Å². The number of carbonyl (C=O) groups excluding carboxylic acids is 1. The number of halogens is 1. The summed E-state index contributed by atoms with van der Waals surface area (Å²) >= 11 is 5.88. The van der Waals surface area contributed by atoms with Gasteiger partial charge in [0.05, 0.1) is 5.69 Å². The number of aromatic nitrogens is 2. The monoisotopic (exact) mass is 362 g/mol. The standard InChI is InChI=1S/C17H19ClN4O3/c1-11(16(17(19)23)21-24-3)10-12(2)25-15-8-9-22(20-15)14-6-4-13(18)5-7-14/h4-10,12H,1-3H3,(H2,19,23)/b11-10+,21-16+. The lowest BCUT2D eigenvalue weighted by atomic mass is 10.1. The molecule has 1 amide bonds. The minimum Gasteiger partial charge on any atom is -0.469 e. The van der Waals surface area contributed by atoms with Crippen LogP contribution in [0.25, 0.3) is 5.69 Å². The van der Waals surface area contributed by atoms with Crippen molar-refractivity contribution in [3.8, 4) is 11.6 Å². The Kier molecular flexibility index (Phi) is 6.19. The highest BCUT2D eigenvalue weighted by Crippen LogP contribution is 2.16. The lowest BCUT2D eigenvalue weighted by molar-refractivity contribution is -0.112. The van der Waals surface area contributed by atoms with Gasteiger partial charge in [-0.1, -0.05) is 16.8 Å². The summed E-state index contributed by atoms with van der Waals surface area (Å²) < 4.78 is 7.41. The van der Waals surface area contributed by atoms with E-state index in [9.17, 15) is 4.79 Å². The molecule has 0 radical (unpaired) electrons. The van der Waals surface area contributed by atoms with Crippen LogP contribution in [0.5, 0.6) is 5.88 Å². The largest absolute Gasteiger partial charge is 0.469 e. The van der Waals surface area contributed by atoms with Crippen molar-refractivity contribution in [1.82, 2.24) is 9.78 Å². The van der Waals surface area contributed by atoms with E-state index in [-0.39, 0.29) is 11.8 Å². The molecule has 1 atom stereocenters. The molecule has 0 saturated carbocycles. The summed E-state index contributed by atoms with van der Waals surface area (Å²) in [5, 5.41) is 8.63. The molecule has 132 valence electrons. The molecule has 0 aliphatic rings. The van der Waals surface area contributed by atoms with Gasteiger partial charge in [-0.25, -0.2) is 4.68 Å². The predicted octanol–water partition coefficient (Wildman–Crippen LogP) is 2.73. The maximum absolute atomic E-state index is 11.4. The summed E-state index contributed by atoms with van der Waals surface area (Å²) in [7, 11) is 1.35. The lowest BCUT2D eigenvalue weighted by Crippen LogP contribution is -2.25. The summed E-state index contributed by atoms with van der Waals surface area (Å²) in [6, 6.07) is 9.02. The first-order valence-corrected chi connectivity index (χ1v) is 7.86. The molecule has 2 rings (SSSR count). The van der Waals surface area contributed by atoms with Crippen LogP contribution >= 0.6 is 11.6 Å². The molecule has 2 aromatic rings. The van der Waals surface area contributed by atoms with Crippen molar-refractivity contribution in [3.05, 3.63) is 53.2 Å². The lowest BCUT2D eigenvalue weighted by Gasteiger charge is -2.10. The summed E-state index contributed by atoms with van der Waals surface area (Å²) in [5.41, 5.74) is 6.74. The van der Waals surface area contributed by atoms with Crippen LogP contribution < -0.4 is 10.5 Å². The highest BCUT2D eigenvalue weighted by molar-refractivity contribution is 6.44. The molecule has 0 aliphatic heterocycles. The average molecular weight is 363 g/mol. The zero-order valence-corrected chi connectivity index (χ0v) is 14.9. The van der Waals surface area contributed by atoms with E-state index in [1.165, 1.54) is 7.11 Å². The van der Waals surface area contributed by atoms with Gasteiger partial charge in [-0.3, -0.25) is 4.79 Å². The molecule has 0 bridgehead atoms. The molecule has 1 unspecified atom stereocenters. The van der Waals surface area contributed by atoms with E-state index in [1.54, 1.807) is 42.1 Å². The van der Waals surface area contributed by atoms with Gasteiger partial charge >= 0.3 is 0 Å². The Balaban J connectivity index is 2.09. The second kappa shape index (κ2) is 8.34. The van der Waals surface area contributed by atoms with E-state index in [4.69, 9.17) is 22.1 Å². The van der Waals surface area contributed by atoms with Crippen LogP contribution in [-0.2, 0) is 9.63 Å². The Hall–Kier alpha value is -2.80. The molecule has 1 aromatic carbocycles. The minimum absolute atomic E-state index is 0.0460. The SMILES string of the molecule is CO/N=C(C(N)=O)\C(C)=C\C(C)Oc1ccn(-c2ccc(Cl)cc2)n1. The molecule has 8 heteroatoms. The maximum Gasteiger partial charge on any atom is 0.271 e. The smallest absolute Gasteiger partial charge is 0.271 e. The minimum atomic E-state index is -0.671. The number of hydrogen-bond donors (Lipinski definition) is 1. The highest BCUT2D eigenvalue weighted by Gasteiger charge is 2.13. The van der Waals surface area contributed by atoms with Crippen LogP contribution in [0.15, 0.2) is 53.3 Å². The van der Waals surface area contributed by atoms with Crippen LogP contribution in [0.3, 0.4) is 0 Å². The van der Waals surface area contributed by atoms with Crippen molar-refractivity contribution < 1.29 is 14.4 Å². The van der Waals surface area contributed by atoms with E-state index in [0.717, 1.165) is 5.69 Å². The molecule has 1 heterocycles. The number of nitrogens with two attached hydrogens (primary N) is 1. The van der Waals surface area contributed by atoms with E-state index >= 15 is 0 Å². The van der Waals surface area contributed by atoms with Crippen molar-refractivity contribution >= 4 is 23.2 Å². The molecule has 0 spiro atoms. The fourth-order valence-corrected chi connectivity index (χ4v) is 2.29. The van der Waals surface area contributed by atoms with Gasteiger partial charge in [0.15, 0.2) is 5.71 Å². The first-order chi connectivity index (χ1) is 11.9. The third-order valence-corrected chi connectivity index (χ3v) is 3.49. The number of ether oxygens (including phenoxy) is 1. The summed E-state index contributed by atoms with van der Waals surface area (Å²) in [6.45, 7) is 3.52. The van der Waals surface area contributed by atoms with Gasteiger partial charge in [-0.2, -0.15) is 0 Å². The van der Waals surface area contributed by atoms with Gasteiger partial charge in [0.25, 0.3) is 5.91 Å². The van der Waals surface area contributed by atoms with Gasteiger partial charge in [0.2, 0.25) is 5.88 Å². The predicted molar refractivity (Wildman–Crippen MR) is 96.1 cm³/mol. The number of benzene rings is 1. The van der Waals surface area contributed by atoms with Crippen molar-refractivity contribution in [2.24, 2.45) is 10.9 Å². The quantitative estimate of drug-likeness (QED) is 0.605. The Labute approximate surface area is 150 Å². The van der Waals surface area contributed by atoms with E-state index in [2.05, 4.69) is 15.1 Å². The van der Waals surface area contributed by atoms with Gasteiger partial charge in [0.1, 0.15) is 13.2 Å². The molecular weight excluding hydrogens is 344 g/mol. The summed E-state index contributed by atoms with van der Waals surface area (Å²) in [5.74, 6) is -0.231. The number of oxime groups is 1. The van der Waals surface area contributed by atoms with Crippen molar-refractivity contribution in [2.45, 2.75) is 20.0 Å². The molecule has 1 aromatic heterocycles. The number of amides is 1. The van der Waals surface area contributed by atoms with Crippen LogP contribution in [0.2, 0.25) is 5.02 Å². The van der Waals surface area contributed by atoms with Gasteiger partial charge in [-0.15, -0.1) is 5.10 Å². The third-order valence-electron chi connectivity index (χ3n) is 3.24. The maximum atomic E-state index is 11.4. The Morgan fingerprint density at radius 1 is 1.36 bits per heavy atom. The average Bonchev–Trinajstić information content (AvgIpc) is 3.01. The van der Waals surface area contributed by atoms with E-state index < -0.39 is 5.91 Å². The highest BCUT2D eigenvalue weighted by atomic mass is 35.5. The number of carbonyl (C=O) groups is 1.